The van der Waals surface area contributed by atoms with Crippen molar-refractivity contribution in [3.63, 3.8) is 0 Å². The predicted octanol–water partition coefficient (Wildman–Crippen LogP) is 1.70. The first-order chi connectivity index (χ1) is 13.1. The SMILES string of the molecule is CCNC(=NCC1(CCO)CCOC1)NCC(CC(C)C)N1CCOCC1.I. The van der Waals surface area contributed by atoms with Crippen molar-refractivity contribution in [3.05, 3.63) is 0 Å². The highest BCUT2D eigenvalue weighted by Crippen LogP contribution is 2.32. The maximum atomic E-state index is 9.41. The predicted molar refractivity (Wildman–Crippen MR) is 125 cm³/mol. The monoisotopic (exact) mass is 512 g/mol. The number of hydrogen-bond donors (Lipinski definition) is 3. The minimum atomic E-state index is -0.0152. The summed E-state index contributed by atoms with van der Waals surface area (Å²) in [5.74, 6) is 1.52. The fraction of sp³-hybridized carbons (Fsp3) is 0.950. The molecule has 2 unspecified atom stereocenters. The van der Waals surface area contributed by atoms with E-state index < -0.39 is 0 Å². The highest BCUT2D eigenvalue weighted by molar-refractivity contribution is 14.0. The van der Waals surface area contributed by atoms with Crippen molar-refractivity contribution in [2.75, 3.05) is 65.8 Å². The van der Waals surface area contributed by atoms with Crippen LogP contribution in [0.25, 0.3) is 0 Å². The van der Waals surface area contributed by atoms with Gasteiger partial charge in [0, 0.05) is 50.8 Å². The van der Waals surface area contributed by atoms with Crippen LogP contribution >= 0.6 is 24.0 Å². The van der Waals surface area contributed by atoms with Crippen LogP contribution in [0.15, 0.2) is 4.99 Å². The molecule has 8 heteroatoms. The second-order valence-corrected chi connectivity index (χ2v) is 8.28. The molecule has 0 spiro atoms. The minimum Gasteiger partial charge on any atom is -0.396 e. The van der Waals surface area contributed by atoms with Gasteiger partial charge in [-0.1, -0.05) is 13.8 Å². The Hall–Kier alpha value is -0.160. The van der Waals surface area contributed by atoms with E-state index in [4.69, 9.17) is 14.5 Å². The number of nitrogens with one attached hydrogen (secondary N) is 2. The van der Waals surface area contributed by atoms with E-state index in [0.29, 0.717) is 25.1 Å². The lowest BCUT2D eigenvalue weighted by Crippen LogP contribution is -2.51. The van der Waals surface area contributed by atoms with Gasteiger partial charge in [0.2, 0.25) is 0 Å². The zero-order chi connectivity index (χ0) is 19.5. The lowest BCUT2D eigenvalue weighted by Gasteiger charge is -2.36. The average molecular weight is 512 g/mol. The molecule has 2 rings (SSSR count). The van der Waals surface area contributed by atoms with E-state index in [2.05, 4.69) is 36.3 Å². The fourth-order valence-electron chi connectivity index (χ4n) is 3.94. The summed E-state index contributed by atoms with van der Waals surface area (Å²) in [5, 5.41) is 16.3. The maximum absolute atomic E-state index is 9.41. The molecule has 0 aromatic carbocycles. The van der Waals surface area contributed by atoms with Crippen LogP contribution in [0.4, 0.5) is 0 Å². The number of aliphatic hydroxyl groups excluding tert-OH is 1. The van der Waals surface area contributed by atoms with Gasteiger partial charge in [0.1, 0.15) is 0 Å². The summed E-state index contributed by atoms with van der Waals surface area (Å²) in [6.07, 6.45) is 2.88. The van der Waals surface area contributed by atoms with Gasteiger partial charge in [-0.15, -0.1) is 24.0 Å². The van der Waals surface area contributed by atoms with Gasteiger partial charge in [0.25, 0.3) is 0 Å². The Morgan fingerprint density at radius 2 is 1.93 bits per heavy atom. The Labute approximate surface area is 188 Å². The summed E-state index contributed by atoms with van der Waals surface area (Å²) in [7, 11) is 0. The average Bonchev–Trinajstić information content (AvgIpc) is 3.12. The maximum Gasteiger partial charge on any atom is 0.191 e. The van der Waals surface area contributed by atoms with Crippen LogP contribution in [-0.4, -0.2) is 87.8 Å². The molecule has 2 saturated heterocycles. The van der Waals surface area contributed by atoms with Crippen LogP contribution in [0.1, 0.15) is 40.0 Å². The minimum absolute atomic E-state index is 0. The number of ether oxygens (including phenoxy) is 2. The van der Waals surface area contributed by atoms with Gasteiger partial charge in [-0.2, -0.15) is 0 Å². The Morgan fingerprint density at radius 1 is 1.18 bits per heavy atom. The number of rotatable bonds is 10. The molecule has 0 amide bonds. The Kier molecular flexibility index (Phi) is 12.9. The van der Waals surface area contributed by atoms with Crippen molar-refractivity contribution >= 4 is 29.9 Å². The van der Waals surface area contributed by atoms with Crippen molar-refractivity contribution in [2.45, 2.75) is 46.1 Å². The third kappa shape index (κ3) is 8.69. The number of nitrogens with zero attached hydrogens (tertiary/aromatic N) is 2. The second-order valence-electron chi connectivity index (χ2n) is 8.28. The molecular weight excluding hydrogens is 471 g/mol. The molecule has 2 atom stereocenters. The highest BCUT2D eigenvalue weighted by atomic mass is 127. The summed E-state index contributed by atoms with van der Waals surface area (Å²) in [5.41, 5.74) is -0.0152. The fourth-order valence-corrected chi connectivity index (χ4v) is 3.94. The van der Waals surface area contributed by atoms with E-state index in [1.165, 1.54) is 0 Å². The first kappa shape index (κ1) is 25.9. The molecule has 0 bridgehead atoms. The first-order valence-electron chi connectivity index (χ1n) is 10.6. The zero-order valence-electron chi connectivity index (χ0n) is 17.9. The van der Waals surface area contributed by atoms with Crippen molar-refractivity contribution in [2.24, 2.45) is 16.3 Å². The molecular formula is C20H41IN4O3. The van der Waals surface area contributed by atoms with Gasteiger partial charge in [0.15, 0.2) is 5.96 Å². The number of hydrogen-bond acceptors (Lipinski definition) is 5. The third-order valence-electron chi connectivity index (χ3n) is 5.55. The molecule has 28 heavy (non-hydrogen) atoms. The topological polar surface area (TPSA) is 78.4 Å². The van der Waals surface area contributed by atoms with E-state index in [1.807, 2.05) is 0 Å². The third-order valence-corrected chi connectivity index (χ3v) is 5.55. The van der Waals surface area contributed by atoms with Crippen LogP contribution < -0.4 is 10.6 Å². The van der Waals surface area contributed by atoms with Gasteiger partial charge in [-0.05, 0) is 32.1 Å². The molecule has 0 saturated carbocycles. The Bertz CT molecular complexity index is 439. The molecule has 2 aliphatic rings. The van der Waals surface area contributed by atoms with E-state index in [0.717, 1.165) is 71.2 Å². The van der Waals surface area contributed by atoms with Gasteiger partial charge in [0.05, 0.1) is 26.4 Å². The van der Waals surface area contributed by atoms with Gasteiger partial charge < -0.3 is 25.2 Å². The van der Waals surface area contributed by atoms with Crippen molar-refractivity contribution in [3.8, 4) is 0 Å². The zero-order valence-corrected chi connectivity index (χ0v) is 20.2. The summed E-state index contributed by atoms with van der Waals surface area (Å²) in [6, 6.07) is 0.485. The standard InChI is InChI=1S/C20H40N4O3.HI/c1-4-21-19(23-15-20(5-9-25)6-10-27-16-20)22-14-18(13-17(2)3)24-7-11-26-12-8-24;/h17-18,25H,4-16H2,1-3H3,(H2,21,22,23);1H. The van der Waals surface area contributed by atoms with Crippen LogP contribution in [0.2, 0.25) is 0 Å². The van der Waals surface area contributed by atoms with Crippen molar-refractivity contribution in [1.82, 2.24) is 15.5 Å². The highest BCUT2D eigenvalue weighted by Gasteiger charge is 2.34. The van der Waals surface area contributed by atoms with Crippen LogP contribution in [0.3, 0.4) is 0 Å². The molecule has 3 N–H and O–H groups in total. The number of aliphatic imine (C=N–C) groups is 1. The van der Waals surface area contributed by atoms with E-state index in [-0.39, 0.29) is 36.0 Å². The van der Waals surface area contributed by atoms with Crippen LogP contribution in [-0.2, 0) is 9.47 Å². The number of morpholine rings is 1. The molecule has 2 fully saturated rings. The summed E-state index contributed by atoms with van der Waals surface area (Å²) < 4.78 is 11.1. The summed E-state index contributed by atoms with van der Waals surface area (Å²) >= 11 is 0. The Balaban J connectivity index is 0.00000392. The lowest BCUT2D eigenvalue weighted by atomic mass is 9.84. The molecule has 166 valence electrons. The van der Waals surface area contributed by atoms with Crippen LogP contribution in [0, 0.1) is 11.3 Å². The smallest absolute Gasteiger partial charge is 0.191 e. The quantitative estimate of drug-likeness (QED) is 0.235. The van der Waals surface area contributed by atoms with Gasteiger partial charge in [-0.25, -0.2) is 0 Å². The second kappa shape index (κ2) is 14.0. The summed E-state index contributed by atoms with van der Waals surface area (Å²) in [6.45, 7) is 14.4. The van der Waals surface area contributed by atoms with Crippen molar-refractivity contribution < 1.29 is 14.6 Å². The number of halogens is 1. The first-order valence-corrected chi connectivity index (χ1v) is 10.6. The summed E-state index contributed by atoms with van der Waals surface area (Å²) in [4.78, 5) is 7.38. The van der Waals surface area contributed by atoms with Gasteiger partial charge in [-0.3, -0.25) is 9.89 Å². The molecule has 0 aromatic rings. The largest absolute Gasteiger partial charge is 0.396 e. The lowest BCUT2D eigenvalue weighted by molar-refractivity contribution is 0.0132. The van der Waals surface area contributed by atoms with E-state index in [1.54, 1.807) is 0 Å². The van der Waals surface area contributed by atoms with E-state index in [9.17, 15) is 5.11 Å². The van der Waals surface area contributed by atoms with E-state index >= 15 is 0 Å². The molecule has 0 radical (unpaired) electrons. The Morgan fingerprint density at radius 3 is 2.50 bits per heavy atom. The molecule has 2 aliphatic heterocycles. The van der Waals surface area contributed by atoms with Gasteiger partial charge >= 0.3 is 0 Å². The molecule has 7 nitrogen and oxygen atoms in total. The number of aliphatic hydroxyl groups is 1. The van der Waals surface area contributed by atoms with Crippen LogP contribution in [0.5, 0.6) is 0 Å². The van der Waals surface area contributed by atoms with Crippen molar-refractivity contribution in [1.29, 1.82) is 0 Å². The molecule has 2 heterocycles. The molecule has 0 aliphatic carbocycles. The normalized spacial score (nSPS) is 24.8. The molecule has 0 aromatic heterocycles. The number of guanidine groups is 1.